The van der Waals surface area contributed by atoms with Crippen LogP contribution in [-0.4, -0.2) is 25.5 Å². The number of aromatic nitrogens is 4. The first-order valence-corrected chi connectivity index (χ1v) is 11.2. The summed E-state index contributed by atoms with van der Waals surface area (Å²) in [6, 6.07) is 28.1. The minimum Gasteiger partial charge on any atom is -0.348 e. The Bertz CT molecular complexity index is 1340. The number of carbonyl (C=O) groups excluding carboxylic acids is 1. The molecule has 0 bridgehead atoms. The van der Waals surface area contributed by atoms with Gasteiger partial charge in [0.1, 0.15) is 0 Å². The van der Waals surface area contributed by atoms with Gasteiger partial charge in [-0.2, -0.15) is 10.2 Å². The Morgan fingerprint density at radius 2 is 1.29 bits per heavy atom. The van der Waals surface area contributed by atoms with Crippen LogP contribution in [0.5, 0.6) is 0 Å². The van der Waals surface area contributed by atoms with Crippen molar-refractivity contribution in [2.75, 3.05) is 0 Å². The van der Waals surface area contributed by atoms with E-state index in [1.165, 1.54) is 5.56 Å². The predicted molar refractivity (Wildman–Crippen MR) is 132 cm³/mol. The number of amides is 1. The van der Waals surface area contributed by atoms with Crippen LogP contribution in [-0.2, 0) is 19.6 Å². The number of hydrogen-bond acceptors (Lipinski definition) is 3. The molecule has 0 fully saturated rings. The summed E-state index contributed by atoms with van der Waals surface area (Å²) in [5.74, 6) is -0.0880. The van der Waals surface area contributed by atoms with E-state index in [4.69, 9.17) is 0 Å². The van der Waals surface area contributed by atoms with Gasteiger partial charge in [-0.3, -0.25) is 14.2 Å². The summed E-state index contributed by atoms with van der Waals surface area (Å²) >= 11 is 0. The highest BCUT2D eigenvalue weighted by Gasteiger charge is 2.09. The summed E-state index contributed by atoms with van der Waals surface area (Å²) in [4.78, 5) is 12.8. The molecule has 0 saturated carbocycles. The fourth-order valence-corrected chi connectivity index (χ4v) is 3.95. The van der Waals surface area contributed by atoms with Crippen molar-refractivity contribution in [1.29, 1.82) is 0 Å². The number of rotatable bonds is 8. The van der Waals surface area contributed by atoms with Crippen LogP contribution < -0.4 is 5.32 Å². The van der Waals surface area contributed by atoms with E-state index in [-0.39, 0.29) is 5.91 Å². The molecular formula is C28H25N5O. The van der Waals surface area contributed by atoms with Crippen molar-refractivity contribution in [1.82, 2.24) is 24.9 Å². The predicted octanol–water partition coefficient (Wildman–Crippen LogP) is 4.77. The van der Waals surface area contributed by atoms with E-state index in [0.29, 0.717) is 18.7 Å². The topological polar surface area (TPSA) is 64.7 Å². The van der Waals surface area contributed by atoms with Crippen LogP contribution >= 0.6 is 0 Å². The van der Waals surface area contributed by atoms with Crippen LogP contribution in [0, 0.1) is 0 Å². The fraction of sp³-hybridized carbons (Fsp3) is 0.107. The standard InChI is InChI=1S/C28H25N5O/c34-28(25-13-9-23(10-14-25)21-33-18-4-16-31-33)29-19-26-5-1-2-6-27(26)24-11-7-22(8-12-24)20-32-17-3-15-30-32/h1-18H,19-21H2,(H,29,34). The zero-order valence-electron chi connectivity index (χ0n) is 18.7. The molecule has 2 aromatic heterocycles. The normalized spacial score (nSPS) is 10.8. The first kappa shape index (κ1) is 21.4. The lowest BCUT2D eigenvalue weighted by Gasteiger charge is -2.12. The SMILES string of the molecule is O=C(NCc1ccccc1-c1ccc(Cn2cccn2)cc1)c1ccc(Cn2cccn2)cc1. The molecule has 0 saturated heterocycles. The molecule has 0 aliphatic heterocycles. The molecule has 0 atom stereocenters. The molecule has 168 valence electrons. The average molecular weight is 448 g/mol. The van der Waals surface area contributed by atoms with Crippen molar-refractivity contribution in [2.24, 2.45) is 0 Å². The minimum absolute atomic E-state index is 0.0880. The molecule has 3 aromatic carbocycles. The van der Waals surface area contributed by atoms with Gasteiger partial charge in [-0.05, 0) is 52.1 Å². The van der Waals surface area contributed by atoms with Gasteiger partial charge in [0.15, 0.2) is 0 Å². The molecule has 6 heteroatoms. The van der Waals surface area contributed by atoms with Gasteiger partial charge in [-0.25, -0.2) is 0 Å². The second-order valence-electron chi connectivity index (χ2n) is 8.14. The van der Waals surface area contributed by atoms with Gasteiger partial charge in [0.25, 0.3) is 5.91 Å². The molecule has 0 aliphatic carbocycles. The Hall–Kier alpha value is -4.45. The van der Waals surface area contributed by atoms with E-state index in [1.54, 1.807) is 12.4 Å². The summed E-state index contributed by atoms with van der Waals surface area (Å²) in [7, 11) is 0. The lowest BCUT2D eigenvalue weighted by atomic mass is 9.98. The molecule has 0 radical (unpaired) electrons. The van der Waals surface area contributed by atoms with Gasteiger partial charge in [-0.1, -0.05) is 60.7 Å². The second-order valence-corrected chi connectivity index (χ2v) is 8.14. The van der Waals surface area contributed by atoms with Crippen LogP contribution in [0.4, 0.5) is 0 Å². The molecule has 2 heterocycles. The molecule has 0 aliphatic rings. The maximum atomic E-state index is 12.8. The molecule has 0 spiro atoms. The third-order valence-electron chi connectivity index (χ3n) is 5.75. The van der Waals surface area contributed by atoms with Crippen LogP contribution in [0.15, 0.2) is 110 Å². The van der Waals surface area contributed by atoms with E-state index in [0.717, 1.165) is 28.8 Å². The molecule has 34 heavy (non-hydrogen) atoms. The third kappa shape index (κ3) is 5.13. The maximum absolute atomic E-state index is 12.8. The molecule has 5 rings (SSSR count). The molecular weight excluding hydrogens is 422 g/mol. The smallest absolute Gasteiger partial charge is 0.251 e. The van der Waals surface area contributed by atoms with E-state index >= 15 is 0 Å². The van der Waals surface area contributed by atoms with Crippen molar-refractivity contribution in [2.45, 2.75) is 19.6 Å². The summed E-state index contributed by atoms with van der Waals surface area (Å²) in [6.07, 6.45) is 7.42. The fourth-order valence-electron chi connectivity index (χ4n) is 3.95. The lowest BCUT2D eigenvalue weighted by Crippen LogP contribution is -2.23. The molecule has 5 aromatic rings. The quantitative estimate of drug-likeness (QED) is 0.373. The largest absolute Gasteiger partial charge is 0.348 e. The van der Waals surface area contributed by atoms with Gasteiger partial charge in [0, 0.05) is 36.9 Å². The lowest BCUT2D eigenvalue weighted by molar-refractivity contribution is 0.0951. The number of hydrogen-bond donors (Lipinski definition) is 1. The monoisotopic (exact) mass is 447 g/mol. The van der Waals surface area contributed by atoms with Crippen molar-refractivity contribution < 1.29 is 4.79 Å². The Morgan fingerprint density at radius 3 is 1.88 bits per heavy atom. The Balaban J connectivity index is 1.23. The van der Waals surface area contributed by atoms with E-state index < -0.39 is 0 Å². The van der Waals surface area contributed by atoms with E-state index in [2.05, 4.69) is 51.9 Å². The molecule has 0 unspecified atom stereocenters. The summed E-state index contributed by atoms with van der Waals surface area (Å²) in [6.45, 7) is 1.88. The van der Waals surface area contributed by atoms with Gasteiger partial charge in [0.05, 0.1) is 13.1 Å². The molecule has 1 N–H and O–H groups in total. The van der Waals surface area contributed by atoms with Crippen molar-refractivity contribution >= 4 is 5.91 Å². The van der Waals surface area contributed by atoms with E-state index in [9.17, 15) is 4.79 Å². The van der Waals surface area contributed by atoms with Gasteiger partial charge in [0.2, 0.25) is 0 Å². The highest BCUT2D eigenvalue weighted by Crippen LogP contribution is 2.24. The number of benzene rings is 3. The van der Waals surface area contributed by atoms with Gasteiger partial charge >= 0.3 is 0 Å². The molecule has 1 amide bonds. The zero-order valence-corrected chi connectivity index (χ0v) is 18.7. The first-order valence-electron chi connectivity index (χ1n) is 11.2. The van der Waals surface area contributed by atoms with Gasteiger partial charge in [-0.15, -0.1) is 0 Å². The summed E-state index contributed by atoms with van der Waals surface area (Å²) in [5.41, 5.74) is 6.24. The van der Waals surface area contributed by atoms with Crippen LogP contribution in [0.25, 0.3) is 11.1 Å². The van der Waals surface area contributed by atoms with E-state index in [1.807, 2.05) is 70.3 Å². The second kappa shape index (κ2) is 10.0. The number of nitrogens with zero attached hydrogens (tertiary/aromatic N) is 4. The van der Waals surface area contributed by atoms with Crippen molar-refractivity contribution in [3.8, 4) is 11.1 Å². The first-order chi connectivity index (χ1) is 16.7. The van der Waals surface area contributed by atoms with Gasteiger partial charge < -0.3 is 5.32 Å². The summed E-state index contributed by atoms with van der Waals surface area (Å²) < 4.78 is 3.76. The Kier molecular flexibility index (Phi) is 6.29. The van der Waals surface area contributed by atoms with Crippen LogP contribution in [0.2, 0.25) is 0 Å². The Labute approximate surface area is 198 Å². The van der Waals surface area contributed by atoms with Crippen molar-refractivity contribution in [3.05, 3.63) is 132 Å². The highest BCUT2D eigenvalue weighted by molar-refractivity contribution is 5.94. The zero-order chi connectivity index (χ0) is 23.2. The average Bonchev–Trinajstić information content (AvgIpc) is 3.58. The third-order valence-corrected chi connectivity index (χ3v) is 5.75. The molecule has 6 nitrogen and oxygen atoms in total. The van der Waals surface area contributed by atoms with Crippen LogP contribution in [0.3, 0.4) is 0 Å². The number of nitrogens with one attached hydrogen (secondary N) is 1. The van der Waals surface area contributed by atoms with Crippen molar-refractivity contribution in [3.63, 3.8) is 0 Å². The Morgan fingerprint density at radius 1 is 0.706 bits per heavy atom. The minimum atomic E-state index is -0.0880. The highest BCUT2D eigenvalue weighted by atomic mass is 16.1. The van der Waals surface area contributed by atoms with Crippen LogP contribution in [0.1, 0.15) is 27.0 Å². The summed E-state index contributed by atoms with van der Waals surface area (Å²) in [5, 5.41) is 11.5. The number of carbonyl (C=O) groups is 1. The maximum Gasteiger partial charge on any atom is 0.251 e.